The third kappa shape index (κ3) is 5.37. The number of aromatic nitrogens is 2. The Morgan fingerprint density at radius 1 is 1.00 bits per heavy atom. The molecule has 34 heavy (non-hydrogen) atoms. The molecule has 0 spiro atoms. The summed E-state index contributed by atoms with van der Waals surface area (Å²) in [4.78, 5) is 34.3. The summed E-state index contributed by atoms with van der Waals surface area (Å²) in [5.74, 6) is -2.06. The minimum Gasteiger partial charge on any atom is -0.338 e. The molecule has 0 aliphatic heterocycles. The third-order valence-electron chi connectivity index (χ3n) is 5.01. The third-order valence-corrected chi connectivity index (χ3v) is 6.14. The van der Waals surface area contributed by atoms with Gasteiger partial charge in [0.1, 0.15) is 0 Å². The first kappa shape index (κ1) is 23.3. The molecule has 0 saturated heterocycles. The summed E-state index contributed by atoms with van der Waals surface area (Å²) in [6.45, 7) is 0.390. The smallest absolute Gasteiger partial charge is 0.338 e. The number of Topliss-reactive ketones (excluding diaryl/α,β-unsaturated/α-hetero) is 1. The second-order valence-corrected chi connectivity index (χ2v) is 8.61. The molecule has 4 rings (SSSR count). The summed E-state index contributed by atoms with van der Waals surface area (Å²) in [7, 11) is 1.69. The minimum atomic E-state index is -4.90. The van der Waals surface area contributed by atoms with Crippen molar-refractivity contribution in [3.63, 3.8) is 0 Å². The van der Waals surface area contributed by atoms with Gasteiger partial charge in [0.2, 0.25) is 5.91 Å². The van der Waals surface area contributed by atoms with Crippen molar-refractivity contribution in [3.8, 4) is 10.4 Å². The number of ketones is 1. The number of likely N-dealkylation sites (N-methyl/N-ethyl adjacent to an activating group) is 1. The highest BCUT2D eigenvalue weighted by Crippen LogP contribution is 2.32. The van der Waals surface area contributed by atoms with Gasteiger partial charge in [-0.25, -0.2) is 0 Å². The van der Waals surface area contributed by atoms with Crippen molar-refractivity contribution in [1.29, 1.82) is 0 Å². The zero-order valence-electron chi connectivity index (χ0n) is 17.9. The Bertz CT molecular complexity index is 1400. The highest BCUT2D eigenvalue weighted by molar-refractivity contribution is 7.17. The summed E-state index contributed by atoms with van der Waals surface area (Å²) in [5, 5.41) is 0. The van der Waals surface area contributed by atoms with Crippen LogP contribution in [-0.2, 0) is 11.3 Å². The Labute approximate surface area is 197 Å². The van der Waals surface area contributed by atoms with Gasteiger partial charge in [0.25, 0.3) is 5.78 Å². The van der Waals surface area contributed by atoms with Crippen LogP contribution in [0, 0.1) is 0 Å². The van der Waals surface area contributed by atoms with Gasteiger partial charge in [0.05, 0.1) is 15.9 Å². The first-order valence-electron chi connectivity index (χ1n) is 10.2. The largest absolute Gasteiger partial charge is 0.455 e. The van der Waals surface area contributed by atoms with Gasteiger partial charge in [-0.1, -0.05) is 24.3 Å². The number of carbonyl (C=O) groups is 2. The average Bonchev–Trinajstić information content (AvgIpc) is 3.31. The van der Waals surface area contributed by atoms with E-state index >= 15 is 0 Å². The molecule has 2 aromatic carbocycles. The number of amides is 1. The maximum Gasteiger partial charge on any atom is 0.455 e. The van der Waals surface area contributed by atoms with Gasteiger partial charge < -0.3 is 4.90 Å². The lowest BCUT2D eigenvalue weighted by molar-refractivity contribution is -0.125. The number of fused-ring (bicyclic) bond motifs is 1. The monoisotopic (exact) mass is 481 g/mol. The minimum absolute atomic E-state index is 0.209. The Balaban J connectivity index is 1.44. The number of nitrogens with zero attached hydrogens (tertiary/aromatic N) is 3. The Morgan fingerprint density at radius 2 is 1.76 bits per heavy atom. The average molecular weight is 481 g/mol. The van der Waals surface area contributed by atoms with Crippen molar-refractivity contribution in [3.05, 3.63) is 89.1 Å². The fourth-order valence-electron chi connectivity index (χ4n) is 3.30. The van der Waals surface area contributed by atoms with Crippen LogP contribution >= 0.6 is 11.3 Å². The summed E-state index contributed by atoms with van der Waals surface area (Å²) in [6, 6.07) is 15.3. The van der Waals surface area contributed by atoms with E-state index in [2.05, 4.69) is 9.97 Å². The van der Waals surface area contributed by atoms with Crippen LogP contribution < -0.4 is 0 Å². The molecule has 0 saturated carbocycles. The van der Waals surface area contributed by atoms with Crippen LogP contribution in [0.4, 0.5) is 13.2 Å². The van der Waals surface area contributed by atoms with Crippen LogP contribution in [0.1, 0.15) is 20.8 Å². The molecule has 172 valence electrons. The summed E-state index contributed by atoms with van der Waals surface area (Å²) in [6.07, 6.45) is 1.41. The van der Waals surface area contributed by atoms with E-state index in [1.54, 1.807) is 54.7 Å². The zero-order chi connectivity index (χ0) is 24.3. The van der Waals surface area contributed by atoms with Crippen molar-refractivity contribution < 1.29 is 22.8 Å². The molecule has 0 N–H and O–H groups in total. The van der Waals surface area contributed by atoms with Crippen LogP contribution in [0.2, 0.25) is 0 Å². The van der Waals surface area contributed by atoms with E-state index in [1.807, 2.05) is 18.2 Å². The first-order valence-corrected chi connectivity index (χ1v) is 11.0. The molecule has 1 amide bonds. The summed E-state index contributed by atoms with van der Waals surface area (Å²) >= 11 is 0.783. The van der Waals surface area contributed by atoms with Gasteiger partial charge in [-0.3, -0.25) is 19.6 Å². The van der Waals surface area contributed by atoms with Gasteiger partial charge in [-0.05, 0) is 53.1 Å². The maximum atomic E-state index is 12.7. The molecule has 2 aromatic heterocycles. The van der Waals surface area contributed by atoms with Crippen LogP contribution in [0.25, 0.3) is 27.6 Å². The molecule has 0 radical (unpaired) electrons. The topological polar surface area (TPSA) is 63.2 Å². The van der Waals surface area contributed by atoms with Crippen LogP contribution in [-0.4, -0.2) is 39.8 Å². The molecule has 2 heterocycles. The summed E-state index contributed by atoms with van der Waals surface area (Å²) in [5.41, 5.74) is 3.81. The van der Waals surface area contributed by atoms with Crippen LogP contribution in [0.3, 0.4) is 0 Å². The highest BCUT2D eigenvalue weighted by atomic mass is 32.1. The normalized spacial score (nSPS) is 11.8. The van der Waals surface area contributed by atoms with E-state index in [-0.39, 0.29) is 10.8 Å². The molecule has 4 aromatic rings. The molecule has 5 nitrogen and oxygen atoms in total. The van der Waals surface area contributed by atoms with Crippen LogP contribution in [0.5, 0.6) is 0 Å². The predicted molar refractivity (Wildman–Crippen MR) is 125 cm³/mol. The van der Waals surface area contributed by atoms with Gasteiger partial charge >= 0.3 is 6.18 Å². The molecule has 0 aliphatic carbocycles. The zero-order valence-corrected chi connectivity index (χ0v) is 18.7. The Morgan fingerprint density at radius 3 is 2.53 bits per heavy atom. The van der Waals surface area contributed by atoms with E-state index in [4.69, 9.17) is 0 Å². The van der Waals surface area contributed by atoms with E-state index in [0.717, 1.165) is 27.9 Å². The first-order chi connectivity index (χ1) is 16.2. The number of hydrogen-bond donors (Lipinski definition) is 0. The number of hydrogen-bond acceptors (Lipinski definition) is 5. The van der Waals surface area contributed by atoms with E-state index in [0.29, 0.717) is 22.5 Å². The number of alkyl halides is 3. The Hall–Kier alpha value is -3.85. The SMILES string of the molecule is CN(Cc1ccc2nccnc2c1)C(=O)C=Cc1cccc(-c2ccc(C(=O)C(F)(F)F)s2)c1. The lowest BCUT2D eigenvalue weighted by atomic mass is 10.1. The summed E-state index contributed by atoms with van der Waals surface area (Å²) < 4.78 is 38.0. The number of thiophene rings is 1. The van der Waals surface area contributed by atoms with E-state index in [1.165, 1.54) is 18.2 Å². The van der Waals surface area contributed by atoms with E-state index < -0.39 is 12.0 Å². The quantitative estimate of drug-likeness (QED) is 0.259. The molecule has 0 bridgehead atoms. The molecular weight excluding hydrogens is 463 g/mol. The molecule has 9 heteroatoms. The number of halogens is 3. The van der Waals surface area contributed by atoms with Gasteiger partial charge in [-0.15, -0.1) is 11.3 Å². The molecule has 0 fully saturated rings. The highest BCUT2D eigenvalue weighted by Gasteiger charge is 2.40. The van der Waals surface area contributed by atoms with E-state index in [9.17, 15) is 22.8 Å². The number of benzene rings is 2. The lowest BCUT2D eigenvalue weighted by Crippen LogP contribution is -2.24. The fourth-order valence-corrected chi connectivity index (χ4v) is 4.27. The second-order valence-electron chi connectivity index (χ2n) is 7.52. The lowest BCUT2D eigenvalue weighted by Gasteiger charge is -2.15. The standard InChI is InChI=1S/C25H18F3N3O2S/c1-31(15-17-5-7-19-20(14-17)30-12-11-29-19)23(32)10-6-16-3-2-4-18(13-16)21-8-9-22(34-21)24(33)25(26,27)28/h2-14H,15H2,1H3. The molecule has 0 unspecified atom stereocenters. The molecule has 0 aliphatic rings. The number of carbonyl (C=O) groups excluding carboxylic acids is 2. The van der Waals surface area contributed by atoms with Crippen LogP contribution in [0.15, 0.2) is 73.1 Å². The van der Waals surface area contributed by atoms with Crippen molar-refractivity contribution in [2.75, 3.05) is 7.05 Å². The van der Waals surface area contributed by atoms with Gasteiger partial charge in [-0.2, -0.15) is 13.2 Å². The predicted octanol–water partition coefficient (Wildman–Crippen LogP) is 5.78. The molecule has 0 atom stereocenters. The second kappa shape index (κ2) is 9.56. The molecular formula is C25H18F3N3O2S. The van der Waals surface area contributed by atoms with Gasteiger partial charge in [0, 0.05) is 36.9 Å². The Kier molecular flexibility index (Phi) is 6.56. The van der Waals surface area contributed by atoms with Crippen molar-refractivity contribution in [1.82, 2.24) is 14.9 Å². The fraction of sp³-hybridized carbons (Fsp3) is 0.120. The van der Waals surface area contributed by atoms with Crippen molar-refractivity contribution in [2.24, 2.45) is 0 Å². The number of rotatable bonds is 6. The maximum absolute atomic E-state index is 12.7. The van der Waals surface area contributed by atoms with Gasteiger partial charge in [0.15, 0.2) is 0 Å². The van der Waals surface area contributed by atoms with Crippen molar-refractivity contribution in [2.45, 2.75) is 12.7 Å². The van der Waals surface area contributed by atoms with Crippen molar-refractivity contribution >= 4 is 40.1 Å².